The molecule has 0 bridgehead atoms. The molecule has 0 saturated carbocycles. The third-order valence-electron chi connectivity index (χ3n) is 5.16. The van der Waals surface area contributed by atoms with E-state index >= 15 is 0 Å². The summed E-state index contributed by atoms with van der Waals surface area (Å²) >= 11 is 0. The fourth-order valence-electron chi connectivity index (χ4n) is 3.73. The largest absolute Gasteiger partial charge is 0.355 e. The van der Waals surface area contributed by atoms with E-state index in [1.54, 1.807) is 7.05 Å². The first-order valence-corrected chi connectivity index (χ1v) is 9.51. The van der Waals surface area contributed by atoms with Crippen LogP contribution < -0.4 is 5.32 Å². The Hall–Kier alpha value is -3.40. The molecule has 0 saturated heterocycles. The van der Waals surface area contributed by atoms with Crippen molar-refractivity contribution < 1.29 is 4.79 Å². The van der Waals surface area contributed by atoms with Gasteiger partial charge in [0, 0.05) is 24.7 Å². The van der Waals surface area contributed by atoms with E-state index in [1.807, 2.05) is 24.3 Å². The first-order chi connectivity index (χ1) is 13.6. The lowest BCUT2D eigenvalue weighted by Gasteiger charge is -2.13. The smallest absolute Gasteiger partial charge is 0.251 e. The highest BCUT2D eigenvalue weighted by Crippen LogP contribution is 2.35. The van der Waals surface area contributed by atoms with Crippen LogP contribution >= 0.6 is 0 Å². The molecule has 0 atom stereocenters. The maximum Gasteiger partial charge on any atom is 0.251 e. The van der Waals surface area contributed by atoms with Gasteiger partial charge in [0.2, 0.25) is 0 Å². The summed E-state index contributed by atoms with van der Waals surface area (Å²) in [5, 5.41) is 2.68. The van der Waals surface area contributed by atoms with Gasteiger partial charge in [-0.3, -0.25) is 4.79 Å². The van der Waals surface area contributed by atoms with Gasteiger partial charge in [-0.05, 0) is 48.7 Å². The van der Waals surface area contributed by atoms with Gasteiger partial charge in [0.15, 0.2) is 0 Å². The number of hydrogen-bond donors (Lipinski definition) is 1. The minimum atomic E-state index is -0.102. The molecule has 1 heterocycles. The highest BCUT2D eigenvalue weighted by atomic mass is 16.1. The predicted octanol–water partition coefficient (Wildman–Crippen LogP) is 5.06. The van der Waals surface area contributed by atoms with Crippen molar-refractivity contribution in [2.45, 2.75) is 20.4 Å². The topological polar surface area (TPSA) is 46.9 Å². The number of carbonyl (C=O) groups excluding carboxylic acids is 1. The normalized spacial score (nSPS) is 11.0. The van der Waals surface area contributed by atoms with Crippen molar-refractivity contribution in [1.29, 1.82) is 0 Å². The Morgan fingerprint density at radius 1 is 0.964 bits per heavy atom. The molecule has 1 amide bonds. The molecule has 0 unspecified atom stereocenters. The minimum absolute atomic E-state index is 0.102. The van der Waals surface area contributed by atoms with Crippen LogP contribution in [-0.4, -0.2) is 22.5 Å². The number of fused-ring (bicyclic) bond motifs is 1. The van der Waals surface area contributed by atoms with Gasteiger partial charge >= 0.3 is 0 Å². The van der Waals surface area contributed by atoms with Crippen molar-refractivity contribution in [1.82, 2.24) is 14.9 Å². The van der Waals surface area contributed by atoms with Crippen LogP contribution in [0, 0.1) is 6.92 Å². The second-order valence-electron chi connectivity index (χ2n) is 6.82. The molecule has 4 heteroatoms. The van der Waals surface area contributed by atoms with E-state index in [-0.39, 0.29) is 5.91 Å². The molecular formula is C24H23N3O. The van der Waals surface area contributed by atoms with Crippen LogP contribution in [0.25, 0.3) is 33.5 Å². The number of aromatic nitrogens is 2. The number of benzene rings is 3. The van der Waals surface area contributed by atoms with Gasteiger partial charge in [-0.25, -0.2) is 4.98 Å². The molecule has 0 aliphatic carbocycles. The summed E-state index contributed by atoms with van der Waals surface area (Å²) in [6.45, 7) is 5.05. The Labute approximate surface area is 164 Å². The Morgan fingerprint density at radius 2 is 1.64 bits per heavy atom. The van der Waals surface area contributed by atoms with Gasteiger partial charge < -0.3 is 9.88 Å². The average molecular weight is 369 g/mol. The van der Waals surface area contributed by atoms with Crippen molar-refractivity contribution in [3.63, 3.8) is 0 Å². The number of rotatable bonds is 4. The fraction of sp³-hybridized carbons (Fsp3) is 0.167. The molecule has 4 rings (SSSR count). The van der Waals surface area contributed by atoms with Crippen LogP contribution in [0.5, 0.6) is 0 Å². The molecule has 4 aromatic rings. The zero-order chi connectivity index (χ0) is 19.7. The molecule has 3 aromatic carbocycles. The lowest BCUT2D eigenvalue weighted by molar-refractivity contribution is 0.0963. The van der Waals surface area contributed by atoms with Crippen LogP contribution in [0.2, 0.25) is 0 Å². The zero-order valence-corrected chi connectivity index (χ0v) is 16.4. The van der Waals surface area contributed by atoms with Gasteiger partial charge in [-0.1, -0.05) is 48.5 Å². The van der Waals surface area contributed by atoms with Gasteiger partial charge in [-0.15, -0.1) is 0 Å². The fourth-order valence-corrected chi connectivity index (χ4v) is 3.73. The Balaban J connectivity index is 1.95. The number of aryl methyl sites for hydroxylation is 2. The van der Waals surface area contributed by atoms with Gasteiger partial charge in [-0.2, -0.15) is 0 Å². The highest BCUT2D eigenvalue weighted by molar-refractivity contribution is 5.98. The third kappa shape index (κ3) is 2.97. The molecule has 0 aliphatic rings. The van der Waals surface area contributed by atoms with E-state index in [1.165, 1.54) is 11.1 Å². The van der Waals surface area contributed by atoms with Crippen molar-refractivity contribution >= 4 is 16.9 Å². The standard InChI is InChI=1S/C24H23N3O/c1-4-27-22-14-13-17(24(28)25-3)15-21(22)26-23(27)20-12-8-7-11-19(20)18-10-6-5-9-16(18)2/h5-15H,4H2,1-3H3,(H,25,28). The van der Waals surface area contributed by atoms with E-state index in [2.05, 4.69) is 66.2 Å². The van der Waals surface area contributed by atoms with Crippen molar-refractivity contribution in [2.24, 2.45) is 0 Å². The van der Waals surface area contributed by atoms with Crippen LogP contribution in [0.15, 0.2) is 66.7 Å². The molecule has 0 spiro atoms. The summed E-state index contributed by atoms with van der Waals surface area (Å²) in [5.74, 6) is 0.820. The van der Waals surface area contributed by atoms with Crippen molar-refractivity contribution in [3.8, 4) is 22.5 Å². The Bertz CT molecular complexity index is 1170. The molecule has 0 fully saturated rings. The molecular weight excluding hydrogens is 346 g/mol. The first kappa shape index (κ1) is 18.0. The molecule has 4 nitrogen and oxygen atoms in total. The van der Waals surface area contributed by atoms with Crippen molar-refractivity contribution in [3.05, 3.63) is 77.9 Å². The number of nitrogens with one attached hydrogen (secondary N) is 1. The van der Waals surface area contributed by atoms with E-state index in [4.69, 9.17) is 4.98 Å². The quantitative estimate of drug-likeness (QED) is 0.547. The Morgan fingerprint density at radius 3 is 2.32 bits per heavy atom. The van der Waals surface area contributed by atoms with Gasteiger partial charge in [0.05, 0.1) is 11.0 Å². The summed E-state index contributed by atoms with van der Waals surface area (Å²) < 4.78 is 2.21. The maximum absolute atomic E-state index is 12.0. The van der Waals surface area contributed by atoms with Crippen LogP contribution in [0.1, 0.15) is 22.8 Å². The van der Waals surface area contributed by atoms with Gasteiger partial charge in [0.25, 0.3) is 5.91 Å². The SMILES string of the molecule is CCn1c(-c2ccccc2-c2ccccc2C)nc2cc(C(=O)NC)ccc21. The number of amides is 1. The summed E-state index contributed by atoms with van der Waals surface area (Å²) in [4.78, 5) is 16.9. The molecule has 1 N–H and O–H groups in total. The third-order valence-corrected chi connectivity index (χ3v) is 5.16. The van der Waals surface area contributed by atoms with E-state index in [0.29, 0.717) is 5.56 Å². The summed E-state index contributed by atoms with van der Waals surface area (Å²) in [6.07, 6.45) is 0. The number of imidazole rings is 1. The second kappa shape index (κ2) is 7.31. The van der Waals surface area contributed by atoms with Crippen molar-refractivity contribution in [2.75, 3.05) is 7.05 Å². The van der Waals surface area contributed by atoms with E-state index in [0.717, 1.165) is 34.5 Å². The lowest BCUT2D eigenvalue weighted by atomic mass is 9.95. The van der Waals surface area contributed by atoms with Crippen LogP contribution in [0.3, 0.4) is 0 Å². The summed E-state index contributed by atoms with van der Waals surface area (Å²) in [6, 6.07) is 22.5. The number of carbonyl (C=O) groups is 1. The monoisotopic (exact) mass is 369 g/mol. The van der Waals surface area contributed by atoms with E-state index in [9.17, 15) is 4.79 Å². The van der Waals surface area contributed by atoms with Crippen LogP contribution in [-0.2, 0) is 6.54 Å². The number of nitrogens with zero attached hydrogens (tertiary/aromatic N) is 2. The molecule has 28 heavy (non-hydrogen) atoms. The molecule has 140 valence electrons. The minimum Gasteiger partial charge on any atom is -0.355 e. The molecule has 0 aliphatic heterocycles. The summed E-state index contributed by atoms with van der Waals surface area (Å²) in [5.41, 5.74) is 7.18. The highest BCUT2D eigenvalue weighted by Gasteiger charge is 2.17. The molecule has 0 radical (unpaired) electrons. The Kier molecular flexibility index (Phi) is 4.70. The van der Waals surface area contributed by atoms with E-state index < -0.39 is 0 Å². The first-order valence-electron chi connectivity index (χ1n) is 9.51. The lowest BCUT2D eigenvalue weighted by Crippen LogP contribution is -2.17. The molecule has 1 aromatic heterocycles. The zero-order valence-electron chi connectivity index (χ0n) is 16.4. The number of hydrogen-bond acceptors (Lipinski definition) is 2. The predicted molar refractivity (Wildman–Crippen MR) is 114 cm³/mol. The maximum atomic E-state index is 12.0. The summed E-state index contributed by atoms with van der Waals surface area (Å²) in [7, 11) is 1.64. The van der Waals surface area contributed by atoms with Crippen LogP contribution in [0.4, 0.5) is 0 Å². The second-order valence-corrected chi connectivity index (χ2v) is 6.82. The van der Waals surface area contributed by atoms with Gasteiger partial charge in [0.1, 0.15) is 5.82 Å². The average Bonchev–Trinajstić information content (AvgIpc) is 3.11.